The number of rotatable bonds is 2. The average Bonchev–Trinajstić information content (AvgIpc) is 1.67. The fraction of sp³-hybridized carbons (Fsp3) is 0.250. The first kappa shape index (κ1) is 6.81. The number of esters is 1. The van der Waals surface area contributed by atoms with Gasteiger partial charge in [0.15, 0.2) is 0 Å². The Morgan fingerprint density at radius 3 is 2.12 bits per heavy atom. The molecule has 8 heavy (non-hydrogen) atoms. The number of Topliss-reactive ketones (excluding diaryl/α,β-unsaturated/α-hetero) is 1. The van der Waals surface area contributed by atoms with Gasteiger partial charge in [-0.15, -0.1) is 0 Å². The molecular weight excluding hydrogens is 112 g/mol. The average molecular weight is 116 g/mol. The molecule has 44 valence electrons. The van der Waals surface area contributed by atoms with Gasteiger partial charge in [-0.3, -0.25) is 9.59 Å². The van der Waals surface area contributed by atoms with E-state index in [2.05, 4.69) is 4.74 Å². The van der Waals surface area contributed by atoms with E-state index in [1.165, 1.54) is 0 Å². The number of hydrogen-bond acceptors (Lipinski definition) is 4. The maximum Gasteiger partial charge on any atom is 0.381 e. The molecule has 0 aliphatic heterocycles. The van der Waals surface area contributed by atoms with E-state index in [4.69, 9.17) is 0 Å². The van der Waals surface area contributed by atoms with Crippen LogP contribution in [0, 0.1) is 0 Å². The van der Waals surface area contributed by atoms with Crippen LogP contribution >= 0.6 is 0 Å². The number of ketones is 1. The molecule has 0 aromatic carbocycles. The SMILES string of the molecule is CC(=O)C(=O)OC=O. The Hall–Kier alpha value is -1.19. The lowest BCUT2D eigenvalue weighted by molar-refractivity contribution is -0.157. The summed E-state index contributed by atoms with van der Waals surface area (Å²) in [6.45, 7) is 0.940. The Bertz CT molecular complexity index is 126. The smallest absolute Gasteiger partial charge is 0.381 e. The van der Waals surface area contributed by atoms with E-state index in [-0.39, 0.29) is 6.47 Å². The molecule has 4 heteroatoms. The molecule has 0 aliphatic rings. The van der Waals surface area contributed by atoms with Crippen LogP contribution in [0.1, 0.15) is 6.92 Å². The molecule has 4 nitrogen and oxygen atoms in total. The Morgan fingerprint density at radius 1 is 1.50 bits per heavy atom. The third-order valence-corrected chi connectivity index (χ3v) is 0.443. The van der Waals surface area contributed by atoms with E-state index in [1.807, 2.05) is 0 Å². The lowest BCUT2D eigenvalue weighted by atomic mass is 10.5. The van der Waals surface area contributed by atoms with Gasteiger partial charge in [-0.05, 0) is 0 Å². The molecule has 0 bridgehead atoms. The van der Waals surface area contributed by atoms with Crippen molar-refractivity contribution in [2.75, 3.05) is 0 Å². The Kier molecular flexibility index (Phi) is 2.47. The topological polar surface area (TPSA) is 60.4 Å². The standard InChI is InChI=1S/C4H4O4/c1-3(6)4(7)8-2-5/h2H,1H3. The molecule has 0 aromatic heterocycles. The highest BCUT2D eigenvalue weighted by molar-refractivity contribution is 6.33. The van der Waals surface area contributed by atoms with Crippen molar-refractivity contribution < 1.29 is 19.1 Å². The van der Waals surface area contributed by atoms with Crippen LogP contribution in [0.2, 0.25) is 0 Å². The lowest BCUT2D eigenvalue weighted by Gasteiger charge is -1.85. The Balaban J connectivity index is 3.65. The van der Waals surface area contributed by atoms with E-state index in [9.17, 15) is 14.4 Å². The van der Waals surface area contributed by atoms with Crippen LogP contribution in [-0.2, 0) is 19.1 Å². The zero-order valence-corrected chi connectivity index (χ0v) is 4.21. The molecule has 0 radical (unpaired) electrons. The first-order valence-corrected chi connectivity index (χ1v) is 1.83. The van der Waals surface area contributed by atoms with Gasteiger partial charge in [0, 0.05) is 6.92 Å². The number of carbonyl (C=O) groups is 3. The van der Waals surface area contributed by atoms with Crippen LogP contribution < -0.4 is 0 Å². The predicted octanol–water partition coefficient (Wildman–Crippen LogP) is -0.725. The molecule has 0 heterocycles. The van der Waals surface area contributed by atoms with Gasteiger partial charge >= 0.3 is 12.4 Å². The third kappa shape index (κ3) is 2.07. The van der Waals surface area contributed by atoms with Crippen LogP contribution in [0.4, 0.5) is 0 Å². The summed E-state index contributed by atoms with van der Waals surface area (Å²) >= 11 is 0. The van der Waals surface area contributed by atoms with Crippen LogP contribution in [0.15, 0.2) is 0 Å². The maximum atomic E-state index is 9.94. The van der Waals surface area contributed by atoms with E-state index in [0.29, 0.717) is 0 Å². The first-order chi connectivity index (χ1) is 3.68. The van der Waals surface area contributed by atoms with Crippen molar-refractivity contribution in [1.82, 2.24) is 0 Å². The van der Waals surface area contributed by atoms with E-state index >= 15 is 0 Å². The van der Waals surface area contributed by atoms with Gasteiger partial charge in [0.1, 0.15) is 0 Å². The lowest BCUT2D eigenvalue weighted by Crippen LogP contribution is -2.11. The summed E-state index contributed by atoms with van der Waals surface area (Å²) in [5, 5.41) is 0. The van der Waals surface area contributed by atoms with Crippen LogP contribution in [0.5, 0.6) is 0 Å². The molecule has 0 atom stereocenters. The minimum Gasteiger partial charge on any atom is -0.390 e. The minimum absolute atomic E-state index is 0.0796. The van der Waals surface area contributed by atoms with Crippen molar-refractivity contribution >= 4 is 18.2 Å². The maximum absolute atomic E-state index is 9.94. The van der Waals surface area contributed by atoms with E-state index in [1.54, 1.807) is 0 Å². The van der Waals surface area contributed by atoms with E-state index in [0.717, 1.165) is 6.92 Å². The number of ether oxygens (including phenoxy) is 1. The molecule has 0 saturated heterocycles. The molecule has 0 spiro atoms. The fourth-order valence-corrected chi connectivity index (χ4v) is 0.127. The zero-order chi connectivity index (χ0) is 6.57. The van der Waals surface area contributed by atoms with Crippen molar-refractivity contribution in [3.05, 3.63) is 0 Å². The van der Waals surface area contributed by atoms with Gasteiger partial charge in [-0.25, -0.2) is 4.79 Å². The largest absolute Gasteiger partial charge is 0.390 e. The molecule has 0 unspecified atom stereocenters. The molecule has 0 amide bonds. The summed E-state index contributed by atoms with van der Waals surface area (Å²) in [4.78, 5) is 29.2. The molecule has 0 rings (SSSR count). The molecule has 0 fully saturated rings. The van der Waals surface area contributed by atoms with Crippen molar-refractivity contribution in [3.8, 4) is 0 Å². The third-order valence-electron chi connectivity index (χ3n) is 0.443. The second-order valence-corrected chi connectivity index (χ2v) is 1.06. The molecular formula is C4H4O4. The van der Waals surface area contributed by atoms with Crippen LogP contribution in [-0.4, -0.2) is 18.2 Å². The van der Waals surface area contributed by atoms with Crippen LogP contribution in [0.25, 0.3) is 0 Å². The first-order valence-electron chi connectivity index (χ1n) is 1.83. The van der Waals surface area contributed by atoms with Crippen molar-refractivity contribution in [2.45, 2.75) is 6.92 Å². The van der Waals surface area contributed by atoms with Gasteiger partial charge in [0.05, 0.1) is 0 Å². The summed E-state index contributed by atoms with van der Waals surface area (Å²) in [5.74, 6) is -1.91. The summed E-state index contributed by atoms with van der Waals surface area (Å²) in [6.07, 6.45) is 0. The normalized spacial score (nSPS) is 7.62. The minimum atomic E-state index is -1.13. The second-order valence-electron chi connectivity index (χ2n) is 1.06. The van der Waals surface area contributed by atoms with Gasteiger partial charge in [0.2, 0.25) is 5.78 Å². The summed E-state index contributed by atoms with van der Waals surface area (Å²) < 4.78 is 3.63. The monoisotopic (exact) mass is 116 g/mol. The van der Waals surface area contributed by atoms with Crippen molar-refractivity contribution in [2.24, 2.45) is 0 Å². The summed E-state index contributed by atoms with van der Waals surface area (Å²) in [5.41, 5.74) is 0. The van der Waals surface area contributed by atoms with Gasteiger partial charge in [-0.1, -0.05) is 0 Å². The van der Waals surface area contributed by atoms with Gasteiger partial charge < -0.3 is 4.74 Å². The highest BCUT2D eigenvalue weighted by atomic mass is 16.6. The van der Waals surface area contributed by atoms with Crippen molar-refractivity contribution in [3.63, 3.8) is 0 Å². The Labute approximate surface area is 45.4 Å². The Morgan fingerprint density at radius 2 is 2.00 bits per heavy atom. The zero-order valence-electron chi connectivity index (χ0n) is 4.21. The quantitative estimate of drug-likeness (QED) is 0.206. The predicted molar refractivity (Wildman–Crippen MR) is 22.8 cm³/mol. The van der Waals surface area contributed by atoms with Gasteiger partial charge in [0.25, 0.3) is 0 Å². The summed E-state index contributed by atoms with van der Waals surface area (Å²) in [7, 11) is 0. The van der Waals surface area contributed by atoms with E-state index < -0.39 is 11.8 Å². The van der Waals surface area contributed by atoms with Gasteiger partial charge in [-0.2, -0.15) is 0 Å². The van der Waals surface area contributed by atoms with Crippen molar-refractivity contribution in [1.29, 1.82) is 0 Å². The molecule has 0 aromatic rings. The fourth-order valence-electron chi connectivity index (χ4n) is 0.127. The molecule has 0 saturated carbocycles. The number of hydrogen-bond donors (Lipinski definition) is 0. The molecule has 0 N–H and O–H groups in total. The highest BCUT2D eigenvalue weighted by Gasteiger charge is 2.06. The molecule has 0 aliphatic carbocycles. The summed E-state index contributed by atoms with van der Waals surface area (Å²) in [6, 6.07) is 0. The number of carbonyl (C=O) groups excluding carboxylic acids is 3. The van der Waals surface area contributed by atoms with Crippen LogP contribution in [0.3, 0.4) is 0 Å². The highest BCUT2D eigenvalue weighted by Crippen LogP contribution is 1.73. The second kappa shape index (κ2) is 2.90.